The van der Waals surface area contributed by atoms with Gasteiger partial charge in [0.2, 0.25) is 5.91 Å². The first-order valence-corrected chi connectivity index (χ1v) is 10.7. The molecule has 32 heavy (non-hydrogen) atoms. The molecule has 0 aromatic heterocycles. The van der Waals surface area contributed by atoms with E-state index in [1.807, 2.05) is 24.3 Å². The largest absolute Gasteiger partial charge is 0.482 e. The molecule has 1 saturated heterocycles. The number of piperidine rings is 1. The number of rotatable bonds is 6. The van der Waals surface area contributed by atoms with E-state index in [1.54, 1.807) is 0 Å². The topological polar surface area (TPSA) is 105 Å². The van der Waals surface area contributed by atoms with Crippen molar-refractivity contribution >= 4 is 34.8 Å². The fourth-order valence-electron chi connectivity index (χ4n) is 3.98. The highest BCUT2D eigenvalue weighted by atomic mass is 35.5. The lowest BCUT2D eigenvalue weighted by molar-refractivity contribution is -0.384. The van der Waals surface area contributed by atoms with Gasteiger partial charge in [-0.3, -0.25) is 29.5 Å². The van der Waals surface area contributed by atoms with Crippen molar-refractivity contribution in [3.63, 3.8) is 0 Å². The highest BCUT2D eigenvalue weighted by molar-refractivity contribution is 6.30. The quantitative estimate of drug-likeness (QED) is 0.527. The van der Waals surface area contributed by atoms with E-state index in [-0.39, 0.29) is 36.5 Å². The number of amides is 2. The number of nitro groups is 1. The number of fused-ring (bicyclic) bond motifs is 1. The normalized spacial score (nSPS) is 16.9. The Balaban J connectivity index is 1.32. The molecule has 0 unspecified atom stereocenters. The number of non-ortho nitro benzene ring substituents is 1. The molecule has 0 radical (unpaired) electrons. The summed E-state index contributed by atoms with van der Waals surface area (Å²) in [5.74, 6) is -0.363. The number of ether oxygens (including phenoxy) is 1. The summed E-state index contributed by atoms with van der Waals surface area (Å²) in [5.41, 5.74) is 1.26. The number of carbonyl (C=O) groups is 2. The van der Waals surface area contributed by atoms with Crippen LogP contribution in [0.2, 0.25) is 5.02 Å². The van der Waals surface area contributed by atoms with Gasteiger partial charge in [-0.25, -0.2) is 0 Å². The van der Waals surface area contributed by atoms with Crippen LogP contribution in [0.5, 0.6) is 5.75 Å². The number of nitrogens with one attached hydrogen (secondary N) is 1. The SMILES string of the molecule is O=C(CN1C(=O)COc2ccc([N+](=O)[O-])cc21)NC1CCN(Cc2ccc(Cl)cc2)CC1. The van der Waals surface area contributed by atoms with Gasteiger partial charge in [-0.2, -0.15) is 0 Å². The minimum absolute atomic E-state index is 0.0182. The fraction of sp³-hybridized carbons (Fsp3) is 0.364. The zero-order chi connectivity index (χ0) is 22.7. The molecular weight excluding hydrogens is 436 g/mol. The Morgan fingerprint density at radius 1 is 1.19 bits per heavy atom. The first-order chi connectivity index (χ1) is 15.4. The average Bonchev–Trinajstić information content (AvgIpc) is 2.78. The summed E-state index contributed by atoms with van der Waals surface area (Å²) in [6.45, 7) is 2.11. The lowest BCUT2D eigenvalue weighted by Gasteiger charge is -2.33. The van der Waals surface area contributed by atoms with Crippen LogP contribution in [0.3, 0.4) is 0 Å². The van der Waals surface area contributed by atoms with Crippen LogP contribution >= 0.6 is 11.6 Å². The molecule has 2 heterocycles. The zero-order valence-corrected chi connectivity index (χ0v) is 18.1. The third-order valence-corrected chi connectivity index (χ3v) is 5.92. The summed E-state index contributed by atoms with van der Waals surface area (Å²) in [6.07, 6.45) is 1.61. The van der Waals surface area contributed by atoms with Crippen molar-refractivity contribution < 1.29 is 19.2 Å². The number of nitrogens with zero attached hydrogens (tertiary/aromatic N) is 3. The van der Waals surface area contributed by atoms with Crippen molar-refractivity contribution in [2.24, 2.45) is 0 Å². The minimum atomic E-state index is -0.546. The van der Waals surface area contributed by atoms with E-state index in [0.717, 1.165) is 32.5 Å². The smallest absolute Gasteiger partial charge is 0.271 e. The Bertz CT molecular complexity index is 1020. The number of carbonyl (C=O) groups excluding carboxylic acids is 2. The van der Waals surface area contributed by atoms with Crippen molar-refractivity contribution in [2.75, 3.05) is 31.1 Å². The van der Waals surface area contributed by atoms with Gasteiger partial charge in [-0.1, -0.05) is 23.7 Å². The Morgan fingerprint density at radius 2 is 1.91 bits per heavy atom. The molecule has 0 aliphatic carbocycles. The van der Waals surface area contributed by atoms with E-state index < -0.39 is 10.8 Å². The molecule has 2 aromatic rings. The maximum absolute atomic E-state index is 12.7. The third-order valence-electron chi connectivity index (χ3n) is 5.67. The predicted octanol–water partition coefficient (Wildman–Crippen LogP) is 2.75. The van der Waals surface area contributed by atoms with Gasteiger partial charge in [0, 0.05) is 42.8 Å². The standard InChI is InChI=1S/C22H23ClN4O5/c23-16-3-1-15(2-4-16)12-25-9-7-17(8-10-25)24-21(28)13-26-19-11-18(27(30)31)5-6-20(19)32-14-22(26)29/h1-6,11,17H,7-10,12-14H2,(H,24,28). The second-order valence-corrected chi connectivity index (χ2v) is 8.36. The van der Waals surface area contributed by atoms with Gasteiger partial charge in [0.25, 0.3) is 11.6 Å². The second-order valence-electron chi connectivity index (χ2n) is 7.92. The van der Waals surface area contributed by atoms with Gasteiger partial charge < -0.3 is 10.1 Å². The van der Waals surface area contributed by atoms with E-state index in [0.29, 0.717) is 10.8 Å². The predicted molar refractivity (Wildman–Crippen MR) is 119 cm³/mol. The van der Waals surface area contributed by atoms with Gasteiger partial charge in [-0.15, -0.1) is 0 Å². The van der Waals surface area contributed by atoms with Gasteiger partial charge in [-0.05, 0) is 36.6 Å². The summed E-state index contributed by atoms with van der Waals surface area (Å²) in [6, 6.07) is 11.8. The number of nitro benzene ring substituents is 1. The Hall–Kier alpha value is -3.17. The van der Waals surface area contributed by atoms with Gasteiger partial charge >= 0.3 is 0 Å². The lowest BCUT2D eigenvalue weighted by atomic mass is 10.0. The van der Waals surface area contributed by atoms with Crippen molar-refractivity contribution in [1.29, 1.82) is 0 Å². The van der Waals surface area contributed by atoms with Crippen molar-refractivity contribution in [3.05, 3.63) is 63.2 Å². The van der Waals surface area contributed by atoms with E-state index in [1.165, 1.54) is 28.7 Å². The van der Waals surface area contributed by atoms with E-state index in [2.05, 4.69) is 10.2 Å². The molecule has 2 aliphatic rings. The molecule has 2 amide bonds. The monoisotopic (exact) mass is 458 g/mol. The van der Waals surface area contributed by atoms with E-state index in [4.69, 9.17) is 16.3 Å². The number of anilines is 1. The first kappa shape index (κ1) is 22.0. The molecule has 0 saturated carbocycles. The number of likely N-dealkylation sites (tertiary alicyclic amines) is 1. The van der Waals surface area contributed by atoms with Crippen LogP contribution in [0.15, 0.2) is 42.5 Å². The zero-order valence-electron chi connectivity index (χ0n) is 17.3. The van der Waals surface area contributed by atoms with Crippen LogP contribution in [-0.4, -0.2) is 53.9 Å². The van der Waals surface area contributed by atoms with Gasteiger partial charge in [0.15, 0.2) is 6.61 Å². The number of hydrogen-bond donors (Lipinski definition) is 1. The maximum Gasteiger partial charge on any atom is 0.271 e. The molecule has 10 heteroatoms. The summed E-state index contributed by atoms with van der Waals surface area (Å²) in [4.78, 5) is 39.1. The van der Waals surface area contributed by atoms with Crippen LogP contribution in [0.4, 0.5) is 11.4 Å². The van der Waals surface area contributed by atoms with Crippen LogP contribution in [0.25, 0.3) is 0 Å². The molecule has 4 rings (SSSR count). The average molecular weight is 459 g/mol. The van der Waals surface area contributed by atoms with Crippen molar-refractivity contribution in [2.45, 2.75) is 25.4 Å². The highest BCUT2D eigenvalue weighted by Gasteiger charge is 2.30. The Morgan fingerprint density at radius 3 is 2.59 bits per heavy atom. The van der Waals surface area contributed by atoms with Crippen LogP contribution in [0, 0.1) is 10.1 Å². The maximum atomic E-state index is 12.7. The molecule has 0 bridgehead atoms. The molecule has 9 nitrogen and oxygen atoms in total. The minimum Gasteiger partial charge on any atom is -0.482 e. The molecule has 1 N–H and O–H groups in total. The molecule has 2 aliphatic heterocycles. The van der Waals surface area contributed by atoms with E-state index in [9.17, 15) is 19.7 Å². The fourth-order valence-corrected chi connectivity index (χ4v) is 4.10. The van der Waals surface area contributed by atoms with Gasteiger partial charge in [0.1, 0.15) is 12.3 Å². The summed E-state index contributed by atoms with van der Waals surface area (Å²) < 4.78 is 5.34. The van der Waals surface area contributed by atoms with Crippen molar-refractivity contribution in [3.8, 4) is 5.75 Å². The number of halogens is 1. The molecule has 2 aromatic carbocycles. The molecule has 0 atom stereocenters. The molecule has 0 spiro atoms. The third kappa shape index (κ3) is 5.17. The first-order valence-electron chi connectivity index (χ1n) is 10.4. The van der Waals surface area contributed by atoms with E-state index >= 15 is 0 Å². The second kappa shape index (κ2) is 9.54. The Kier molecular flexibility index (Phi) is 6.57. The van der Waals surface area contributed by atoms with Crippen molar-refractivity contribution in [1.82, 2.24) is 10.2 Å². The summed E-state index contributed by atoms with van der Waals surface area (Å²) >= 11 is 5.94. The van der Waals surface area contributed by atoms with Crippen LogP contribution in [0.1, 0.15) is 18.4 Å². The van der Waals surface area contributed by atoms with Crippen LogP contribution in [-0.2, 0) is 16.1 Å². The van der Waals surface area contributed by atoms with Crippen LogP contribution < -0.4 is 15.0 Å². The molecular formula is C22H23ClN4O5. The molecule has 1 fully saturated rings. The Labute approximate surface area is 190 Å². The summed E-state index contributed by atoms with van der Waals surface area (Å²) in [7, 11) is 0. The number of benzene rings is 2. The van der Waals surface area contributed by atoms with Gasteiger partial charge in [0.05, 0.1) is 10.6 Å². The molecule has 168 valence electrons. The lowest BCUT2D eigenvalue weighted by Crippen LogP contribution is -2.49. The summed E-state index contributed by atoms with van der Waals surface area (Å²) in [5, 5.41) is 14.8. The number of hydrogen-bond acceptors (Lipinski definition) is 6. The highest BCUT2D eigenvalue weighted by Crippen LogP contribution is 2.35.